The summed E-state index contributed by atoms with van der Waals surface area (Å²) >= 11 is 4.96. The Hall–Kier alpha value is 1.29. The topological polar surface area (TPSA) is 0 Å². The number of hydrogen-bond donors (Lipinski definition) is 0. The Kier molecular flexibility index (Phi) is 7.20. The van der Waals surface area contributed by atoms with Gasteiger partial charge in [0.05, 0.1) is 0 Å². The van der Waals surface area contributed by atoms with Crippen LogP contribution in [-0.4, -0.2) is 0 Å². The number of allylic oxidation sites excluding steroid dienone is 1. The summed E-state index contributed by atoms with van der Waals surface area (Å²) in [4.78, 5) is 0. The molecular weight excluding hydrogens is 564 g/mol. The van der Waals surface area contributed by atoms with E-state index in [1.807, 2.05) is 0 Å². The Morgan fingerprint density at radius 2 is 1.79 bits per heavy atom. The molecule has 0 bridgehead atoms. The second kappa shape index (κ2) is 7.55. The number of fused-ring (bicyclic) bond motifs is 1. The minimum atomic E-state index is 0.0233. The van der Waals surface area contributed by atoms with Gasteiger partial charge in [-0.2, -0.15) is 0 Å². The van der Waals surface area contributed by atoms with Crippen LogP contribution < -0.4 is 0 Å². The van der Waals surface area contributed by atoms with Gasteiger partial charge in [-0.15, -0.1) is 0 Å². The summed E-state index contributed by atoms with van der Waals surface area (Å²) in [7, 11) is 0. The van der Waals surface area contributed by atoms with Crippen molar-refractivity contribution in [2.24, 2.45) is 0 Å². The number of rotatable bonds is 1. The van der Waals surface area contributed by atoms with Crippen molar-refractivity contribution in [3.8, 4) is 0 Å². The maximum atomic E-state index is 2.47. The van der Waals surface area contributed by atoms with Crippen LogP contribution in [0.15, 0.2) is 30.3 Å². The summed E-state index contributed by atoms with van der Waals surface area (Å²) in [6.07, 6.45) is 5.53. The summed E-state index contributed by atoms with van der Waals surface area (Å²) < 4.78 is 0. The Morgan fingerprint density at radius 1 is 1.14 bits per heavy atom. The molecule has 0 aliphatic heterocycles. The van der Waals surface area contributed by atoms with Crippen LogP contribution in [0.25, 0.3) is 6.08 Å². The molecule has 0 atom stereocenters. The normalized spacial score (nSPS) is 13.1. The molecule has 0 heterocycles. The van der Waals surface area contributed by atoms with Gasteiger partial charge in [-0.3, -0.25) is 0 Å². The van der Waals surface area contributed by atoms with Crippen LogP contribution in [0.4, 0.5) is 0 Å². The molecule has 2 rings (SSSR count). The van der Waals surface area contributed by atoms with Gasteiger partial charge >= 0.3 is 50.9 Å². The second-order valence-corrected chi connectivity index (χ2v) is 29.1. The maximum absolute atomic E-state index is 2.47. The predicted molar refractivity (Wildman–Crippen MR) is 76.2 cm³/mol. The van der Waals surface area contributed by atoms with Crippen LogP contribution in [0.2, 0.25) is 0 Å². The van der Waals surface area contributed by atoms with E-state index in [2.05, 4.69) is 79.6 Å². The van der Waals surface area contributed by atoms with Crippen molar-refractivity contribution in [3.05, 3.63) is 47.4 Å². The molecule has 1 radical (unpaired) electrons. The number of hydrogen-bond acceptors (Lipinski definition) is 0. The molecule has 0 saturated heterocycles. The van der Waals surface area contributed by atoms with E-state index in [0.29, 0.717) is 0 Å². The molecule has 0 spiro atoms. The zero-order chi connectivity index (χ0) is 10.4. The molecular formula is C11H11HfI2. The van der Waals surface area contributed by atoms with Crippen LogP contribution in [0.3, 0.4) is 0 Å². The van der Waals surface area contributed by atoms with Crippen molar-refractivity contribution in [2.45, 2.75) is 13.3 Å². The van der Waals surface area contributed by atoms with Gasteiger partial charge in [0.15, 0.2) is 0 Å². The molecule has 1 aromatic carbocycles. The molecule has 3 heteroatoms. The molecule has 0 aromatic heterocycles. The van der Waals surface area contributed by atoms with E-state index in [0.717, 1.165) is 6.42 Å². The van der Waals surface area contributed by atoms with Gasteiger partial charge in [-0.25, -0.2) is 0 Å². The summed E-state index contributed by atoms with van der Waals surface area (Å²) in [5.74, 6) is 1.46. The van der Waals surface area contributed by atoms with Crippen molar-refractivity contribution in [1.29, 1.82) is 0 Å². The second-order valence-electron chi connectivity index (χ2n) is 2.87. The summed E-state index contributed by atoms with van der Waals surface area (Å²) in [5, 5.41) is 0. The Morgan fingerprint density at radius 3 is 2.43 bits per heavy atom. The zero-order valence-corrected chi connectivity index (χ0v) is 15.8. The molecule has 0 saturated carbocycles. The van der Waals surface area contributed by atoms with E-state index in [9.17, 15) is 0 Å². The average molecular weight is 576 g/mol. The van der Waals surface area contributed by atoms with Crippen molar-refractivity contribution in [3.63, 3.8) is 0 Å². The van der Waals surface area contributed by atoms with Crippen LogP contribution in [-0.2, 0) is 14.6 Å². The predicted octanol–water partition coefficient (Wildman–Crippen LogP) is 4.81. The first kappa shape index (κ1) is 13.4. The van der Waals surface area contributed by atoms with E-state index in [1.54, 1.807) is 0 Å². The quantitative estimate of drug-likeness (QED) is 0.333. The zero-order valence-electron chi connectivity index (χ0n) is 7.93. The van der Waals surface area contributed by atoms with E-state index < -0.39 is 0 Å². The molecule has 0 amide bonds. The summed E-state index contributed by atoms with van der Waals surface area (Å²) in [5.41, 5.74) is 2.78. The molecule has 0 fully saturated rings. The Bertz CT molecular complexity index is 310. The van der Waals surface area contributed by atoms with Crippen molar-refractivity contribution in [2.75, 3.05) is 0 Å². The average Bonchev–Trinajstić information content (AvgIpc) is 2.62. The fraction of sp³-hybridized carbons (Fsp3) is 0.182. The van der Waals surface area contributed by atoms with Crippen molar-refractivity contribution in [1.82, 2.24) is 0 Å². The van der Waals surface area contributed by atoms with Gasteiger partial charge in [0, 0.05) is 5.92 Å². The first-order chi connectivity index (χ1) is 6.83. The molecule has 0 nitrogen and oxygen atoms in total. The van der Waals surface area contributed by atoms with Crippen LogP contribution in [0, 0.1) is 5.92 Å². The molecule has 1 aromatic rings. The monoisotopic (exact) mass is 577 g/mol. The molecule has 73 valence electrons. The molecule has 1 aliphatic rings. The Balaban J connectivity index is 0.000000293. The first-order valence-electron chi connectivity index (χ1n) is 4.43. The van der Waals surface area contributed by atoms with Crippen molar-refractivity contribution < 1.29 is 14.6 Å². The first-order valence-corrected chi connectivity index (χ1v) is 24.8. The van der Waals surface area contributed by atoms with Crippen molar-refractivity contribution >= 4 is 42.4 Å². The van der Waals surface area contributed by atoms with Gasteiger partial charge in [0.25, 0.3) is 0 Å². The molecule has 1 aliphatic carbocycles. The molecule has 0 N–H and O–H groups in total. The third-order valence-corrected chi connectivity index (χ3v) is 2.15. The third-order valence-electron chi connectivity index (χ3n) is 2.15. The SMILES string of the molecule is CC[C]1C=Cc2ccccc21.[I][Hf][I]. The van der Waals surface area contributed by atoms with Gasteiger partial charge in [0.1, 0.15) is 0 Å². The van der Waals surface area contributed by atoms with Gasteiger partial charge in [0.2, 0.25) is 0 Å². The minimum absolute atomic E-state index is 0.0233. The number of halogens is 2. The third kappa shape index (κ3) is 3.70. The van der Waals surface area contributed by atoms with E-state index in [4.69, 9.17) is 0 Å². The Labute approximate surface area is 116 Å². The summed E-state index contributed by atoms with van der Waals surface area (Å²) in [6, 6.07) is 8.53. The fourth-order valence-corrected chi connectivity index (χ4v) is 1.52. The molecule has 0 unspecified atom stereocenters. The van der Waals surface area contributed by atoms with E-state index in [1.165, 1.54) is 17.0 Å². The van der Waals surface area contributed by atoms with Crippen LogP contribution in [0.5, 0.6) is 0 Å². The fourth-order valence-electron chi connectivity index (χ4n) is 1.52. The van der Waals surface area contributed by atoms with Gasteiger partial charge in [-0.05, 0) is 17.5 Å². The molecule has 14 heavy (non-hydrogen) atoms. The van der Waals surface area contributed by atoms with Crippen LogP contribution in [0.1, 0.15) is 24.5 Å². The van der Waals surface area contributed by atoms with Gasteiger partial charge < -0.3 is 0 Å². The van der Waals surface area contributed by atoms with Gasteiger partial charge in [-0.1, -0.05) is 43.3 Å². The van der Waals surface area contributed by atoms with E-state index in [-0.39, 0.29) is 14.6 Å². The summed E-state index contributed by atoms with van der Waals surface area (Å²) in [6.45, 7) is 2.20. The van der Waals surface area contributed by atoms with Crippen LogP contribution >= 0.6 is 36.3 Å². The standard InChI is InChI=1S/C11H11.Hf.2HI/c1-2-9-7-8-10-5-3-4-6-11(9)10;;;/h3-8H,2H2,1H3;;2*1H/q;+2;;/p-2. The number of benzene rings is 1. The van der Waals surface area contributed by atoms with E-state index >= 15 is 0 Å².